The number of rotatable bonds is 5. The molecule has 1 rings (SSSR count). The summed E-state index contributed by atoms with van der Waals surface area (Å²) in [5.74, 6) is -0.166. The summed E-state index contributed by atoms with van der Waals surface area (Å²) in [5, 5.41) is 11.3. The van der Waals surface area contributed by atoms with Crippen LogP contribution in [0.15, 0.2) is 29.2 Å². The molecule has 0 bridgehead atoms. The number of nitro benzene ring substituents is 1. The van der Waals surface area contributed by atoms with Gasteiger partial charge in [-0.3, -0.25) is 19.7 Å². The van der Waals surface area contributed by atoms with Gasteiger partial charge in [0.05, 0.1) is 17.3 Å². The monoisotopic (exact) mass is 270 g/mol. The lowest BCUT2D eigenvalue weighted by molar-refractivity contribution is -0.384. The second-order valence-corrected chi connectivity index (χ2v) is 4.94. The standard InChI is InChI=1S/C11H14N2O4S/c1-8(11(14)12(2)17-3)18-10-6-4-9(5-7-10)13(15)16/h4-8H,1-3H3/t8-/m0/s1. The largest absolute Gasteiger partial charge is 0.275 e. The van der Waals surface area contributed by atoms with Crippen molar-refractivity contribution in [3.05, 3.63) is 34.4 Å². The highest BCUT2D eigenvalue weighted by atomic mass is 32.2. The molecule has 0 saturated carbocycles. The molecule has 1 atom stereocenters. The number of thioether (sulfide) groups is 1. The zero-order valence-electron chi connectivity index (χ0n) is 10.3. The highest BCUT2D eigenvalue weighted by molar-refractivity contribution is 8.00. The topological polar surface area (TPSA) is 72.7 Å². The molecule has 98 valence electrons. The fourth-order valence-electron chi connectivity index (χ4n) is 1.25. The van der Waals surface area contributed by atoms with Crippen molar-refractivity contribution in [2.24, 2.45) is 0 Å². The molecule has 0 aliphatic carbocycles. The summed E-state index contributed by atoms with van der Waals surface area (Å²) >= 11 is 1.32. The van der Waals surface area contributed by atoms with Gasteiger partial charge in [0.2, 0.25) is 0 Å². The zero-order valence-corrected chi connectivity index (χ0v) is 11.1. The lowest BCUT2D eigenvalue weighted by Gasteiger charge is -2.18. The minimum absolute atomic E-state index is 0.0346. The smallest absolute Gasteiger partial charge is 0.269 e. The molecule has 0 aromatic heterocycles. The van der Waals surface area contributed by atoms with Gasteiger partial charge in [-0.2, -0.15) is 0 Å². The van der Waals surface area contributed by atoms with Crippen LogP contribution in [0, 0.1) is 10.1 Å². The van der Waals surface area contributed by atoms with E-state index in [1.807, 2.05) is 0 Å². The lowest BCUT2D eigenvalue weighted by Crippen LogP contribution is -2.32. The Bertz CT molecular complexity index is 435. The number of hydrogen-bond donors (Lipinski definition) is 0. The van der Waals surface area contributed by atoms with Crippen LogP contribution in [0.4, 0.5) is 5.69 Å². The van der Waals surface area contributed by atoms with Crippen LogP contribution in [0.5, 0.6) is 0 Å². The number of non-ortho nitro benzene ring substituents is 1. The molecule has 0 heterocycles. The van der Waals surface area contributed by atoms with Gasteiger partial charge in [-0.05, 0) is 19.1 Å². The van der Waals surface area contributed by atoms with Gasteiger partial charge >= 0.3 is 0 Å². The fourth-order valence-corrected chi connectivity index (χ4v) is 2.20. The summed E-state index contributed by atoms with van der Waals surface area (Å²) in [6, 6.07) is 6.08. The number of carbonyl (C=O) groups is 1. The lowest BCUT2D eigenvalue weighted by atomic mass is 10.3. The van der Waals surface area contributed by atoms with E-state index < -0.39 is 4.92 Å². The van der Waals surface area contributed by atoms with Crippen molar-refractivity contribution < 1.29 is 14.6 Å². The molecular weight excluding hydrogens is 256 g/mol. The molecule has 0 aliphatic heterocycles. The Kier molecular flexibility index (Phi) is 5.11. The minimum atomic E-state index is -0.457. The van der Waals surface area contributed by atoms with Crippen LogP contribution in [0.2, 0.25) is 0 Å². The van der Waals surface area contributed by atoms with E-state index in [2.05, 4.69) is 0 Å². The maximum absolute atomic E-state index is 11.7. The van der Waals surface area contributed by atoms with E-state index in [0.29, 0.717) is 0 Å². The third-order valence-corrected chi connectivity index (χ3v) is 3.39. The number of nitrogens with zero attached hydrogens (tertiary/aromatic N) is 2. The highest BCUT2D eigenvalue weighted by Crippen LogP contribution is 2.26. The molecule has 0 N–H and O–H groups in total. The molecule has 1 aromatic carbocycles. The van der Waals surface area contributed by atoms with Crippen molar-refractivity contribution >= 4 is 23.4 Å². The summed E-state index contributed by atoms with van der Waals surface area (Å²) in [7, 11) is 2.95. The summed E-state index contributed by atoms with van der Waals surface area (Å²) in [6.45, 7) is 1.75. The molecule has 1 amide bonds. The van der Waals surface area contributed by atoms with E-state index in [-0.39, 0.29) is 16.8 Å². The molecule has 0 spiro atoms. The number of hydroxylamine groups is 2. The third kappa shape index (κ3) is 3.71. The first kappa shape index (κ1) is 14.5. The van der Waals surface area contributed by atoms with Crippen molar-refractivity contribution in [2.75, 3.05) is 14.2 Å². The van der Waals surface area contributed by atoms with Gasteiger partial charge in [0.1, 0.15) is 0 Å². The quantitative estimate of drug-likeness (QED) is 0.465. The zero-order chi connectivity index (χ0) is 13.7. The highest BCUT2D eigenvalue weighted by Gasteiger charge is 2.18. The van der Waals surface area contributed by atoms with E-state index in [1.54, 1.807) is 19.1 Å². The molecule has 0 unspecified atom stereocenters. The number of hydrogen-bond acceptors (Lipinski definition) is 5. The van der Waals surface area contributed by atoms with Crippen molar-refractivity contribution in [1.82, 2.24) is 5.06 Å². The SMILES string of the molecule is CON(C)C(=O)[C@H](C)Sc1ccc([N+](=O)[O-])cc1. The number of amides is 1. The van der Waals surface area contributed by atoms with Crippen molar-refractivity contribution in [3.63, 3.8) is 0 Å². The van der Waals surface area contributed by atoms with Gasteiger partial charge in [0.15, 0.2) is 0 Å². The van der Waals surface area contributed by atoms with Crippen LogP contribution in [0.3, 0.4) is 0 Å². The van der Waals surface area contributed by atoms with Crippen LogP contribution >= 0.6 is 11.8 Å². The molecule has 0 radical (unpaired) electrons. The van der Waals surface area contributed by atoms with Gasteiger partial charge < -0.3 is 0 Å². The summed E-state index contributed by atoms with van der Waals surface area (Å²) in [6.07, 6.45) is 0. The fraction of sp³-hybridized carbons (Fsp3) is 0.364. The van der Waals surface area contributed by atoms with Gasteiger partial charge in [0.25, 0.3) is 11.6 Å². The number of nitro groups is 1. The molecule has 0 saturated heterocycles. The minimum Gasteiger partial charge on any atom is -0.275 e. The first-order chi connectivity index (χ1) is 8.45. The Hall–Kier alpha value is -1.60. The molecule has 7 heteroatoms. The van der Waals surface area contributed by atoms with Gasteiger partial charge in [-0.15, -0.1) is 11.8 Å². The maximum atomic E-state index is 11.7. The molecule has 0 aliphatic rings. The molecule has 1 aromatic rings. The Labute approximate surface area is 109 Å². The second kappa shape index (κ2) is 6.36. The van der Waals surface area contributed by atoms with Crippen molar-refractivity contribution in [1.29, 1.82) is 0 Å². The Morgan fingerprint density at radius 2 is 2.00 bits per heavy atom. The van der Waals surface area contributed by atoms with Gasteiger partial charge in [-0.1, -0.05) is 0 Å². The average molecular weight is 270 g/mol. The van der Waals surface area contributed by atoms with Crippen molar-refractivity contribution in [2.45, 2.75) is 17.1 Å². The predicted octanol–water partition coefficient (Wildman–Crippen LogP) is 2.10. The number of benzene rings is 1. The first-order valence-corrected chi connectivity index (χ1v) is 6.06. The first-order valence-electron chi connectivity index (χ1n) is 5.18. The number of carbonyl (C=O) groups excluding carboxylic acids is 1. The Balaban J connectivity index is 2.67. The summed E-state index contributed by atoms with van der Waals surface area (Å²) < 4.78 is 0. The van der Waals surface area contributed by atoms with E-state index in [4.69, 9.17) is 4.84 Å². The molecule has 6 nitrogen and oxygen atoms in total. The van der Waals surface area contributed by atoms with E-state index >= 15 is 0 Å². The molecular formula is C11H14N2O4S. The average Bonchev–Trinajstić information content (AvgIpc) is 2.37. The van der Waals surface area contributed by atoms with Crippen LogP contribution < -0.4 is 0 Å². The van der Waals surface area contributed by atoms with Gasteiger partial charge in [0, 0.05) is 24.1 Å². The Morgan fingerprint density at radius 1 is 1.44 bits per heavy atom. The normalized spacial score (nSPS) is 11.9. The molecule has 18 heavy (non-hydrogen) atoms. The van der Waals surface area contributed by atoms with Crippen LogP contribution in [-0.4, -0.2) is 35.3 Å². The van der Waals surface area contributed by atoms with Crippen molar-refractivity contribution in [3.8, 4) is 0 Å². The summed E-state index contributed by atoms with van der Waals surface area (Å²) in [5.41, 5.74) is 0.0346. The van der Waals surface area contributed by atoms with E-state index in [0.717, 1.165) is 9.96 Å². The van der Waals surface area contributed by atoms with E-state index in [1.165, 1.54) is 38.1 Å². The summed E-state index contributed by atoms with van der Waals surface area (Å²) in [4.78, 5) is 27.4. The Morgan fingerprint density at radius 3 is 2.44 bits per heavy atom. The molecule has 0 fully saturated rings. The van der Waals surface area contributed by atoms with Crippen LogP contribution in [-0.2, 0) is 9.63 Å². The van der Waals surface area contributed by atoms with Gasteiger partial charge in [-0.25, -0.2) is 5.06 Å². The second-order valence-electron chi connectivity index (χ2n) is 3.53. The van der Waals surface area contributed by atoms with Crippen LogP contribution in [0.1, 0.15) is 6.92 Å². The maximum Gasteiger partial charge on any atom is 0.269 e. The predicted molar refractivity (Wildman–Crippen MR) is 68.2 cm³/mol. The van der Waals surface area contributed by atoms with E-state index in [9.17, 15) is 14.9 Å². The van der Waals surface area contributed by atoms with Crippen LogP contribution in [0.25, 0.3) is 0 Å². The third-order valence-electron chi connectivity index (χ3n) is 2.29.